The summed E-state index contributed by atoms with van der Waals surface area (Å²) in [7, 11) is 0. The van der Waals surface area contributed by atoms with Crippen LogP contribution >= 0.6 is 0 Å². The minimum atomic E-state index is -0.668. The first-order chi connectivity index (χ1) is 27.7. The van der Waals surface area contributed by atoms with E-state index in [0.29, 0.717) is 12.8 Å². The van der Waals surface area contributed by atoms with Crippen LogP contribution in [0.5, 0.6) is 0 Å². The second-order valence-corrected chi connectivity index (χ2v) is 14.4. The van der Waals surface area contributed by atoms with E-state index in [9.17, 15) is 15.0 Å². The number of unbranched alkanes of at least 4 members (excludes halogenated alkanes) is 9. The van der Waals surface area contributed by atoms with E-state index in [4.69, 9.17) is 0 Å². The normalized spacial score (nSPS) is 14.3. The Morgan fingerprint density at radius 1 is 0.446 bits per heavy atom. The molecule has 2 atom stereocenters. The van der Waals surface area contributed by atoms with Gasteiger partial charge in [-0.3, -0.25) is 4.79 Å². The van der Waals surface area contributed by atoms with Crippen LogP contribution in [0.1, 0.15) is 168 Å². The highest BCUT2D eigenvalue weighted by Crippen LogP contribution is 2.11. The summed E-state index contributed by atoms with van der Waals surface area (Å²) in [6, 6.07) is -0.546. The summed E-state index contributed by atoms with van der Waals surface area (Å²) < 4.78 is 0. The van der Waals surface area contributed by atoms with Gasteiger partial charge in [-0.25, -0.2) is 0 Å². The first-order valence-electron chi connectivity index (χ1n) is 22.4. The van der Waals surface area contributed by atoms with Gasteiger partial charge in [-0.05, 0) is 96.3 Å². The molecule has 0 aliphatic heterocycles. The molecule has 0 rings (SSSR count). The van der Waals surface area contributed by atoms with Gasteiger partial charge in [0.15, 0.2) is 0 Å². The van der Waals surface area contributed by atoms with E-state index in [-0.39, 0.29) is 12.5 Å². The molecule has 1 amide bonds. The molecule has 0 saturated heterocycles. The number of aliphatic hydroxyl groups is 2. The average molecular weight is 770 g/mol. The molecular weight excluding hydrogens is 687 g/mol. The van der Waals surface area contributed by atoms with Crippen LogP contribution in [0.3, 0.4) is 0 Å². The maximum atomic E-state index is 12.2. The number of carbonyl (C=O) groups excluding carboxylic acids is 1. The Labute approximate surface area is 345 Å². The van der Waals surface area contributed by atoms with E-state index >= 15 is 0 Å². The highest BCUT2D eigenvalue weighted by Gasteiger charge is 2.19. The molecule has 0 radical (unpaired) electrons. The molecule has 0 aliphatic carbocycles. The topological polar surface area (TPSA) is 69.6 Å². The number of allylic oxidation sites excluding steroid dienone is 22. The van der Waals surface area contributed by atoms with Gasteiger partial charge >= 0.3 is 0 Å². The van der Waals surface area contributed by atoms with Crippen molar-refractivity contribution >= 4 is 5.91 Å². The van der Waals surface area contributed by atoms with Crippen molar-refractivity contribution in [3.8, 4) is 0 Å². The summed E-state index contributed by atoms with van der Waals surface area (Å²) in [5, 5.41) is 22.5. The first-order valence-corrected chi connectivity index (χ1v) is 22.4. The van der Waals surface area contributed by atoms with Crippen molar-refractivity contribution in [3.63, 3.8) is 0 Å². The number of aliphatic hydroxyl groups excluding tert-OH is 2. The van der Waals surface area contributed by atoms with Crippen LogP contribution in [-0.2, 0) is 4.79 Å². The Hall–Kier alpha value is -3.47. The molecule has 314 valence electrons. The standard InChI is InChI=1S/C52H83NO3/c1-3-5-7-8-9-10-11-12-13-14-15-16-17-18-19-20-21-22-23-24-25-26-27-28-29-30-31-32-33-34-35-36-37-38-39-40-41-42-43-44-46-48-52(56)53-50(49-54)51(55)47-45-6-4-2/h5,7,9-10,12-13,15-16,18-19,21-22,24-25,27-28,30-31,33-34,36-37,50-51,54-55H,3-4,6,8,11,14,17,20,23,26,29,32,35,38-49H2,1-2H3,(H,53,56)/b7-5-,10-9-,13-12-,16-15-,19-18-,22-21-,25-24-,28-27-,31-30-,34-33-,37-36-. The lowest BCUT2D eigenvalue weighted by Crippen LogP contribution is -2.45. The predicted molar refractivity (Wildman–Crippen MR) is 248 cm³/mol. The monoisotopic (exact) mass is 770 g/mol. The van der Waals surface area contributed by atoms with Crippen LogP contribution < -0.4 is 5.32 Å². The molecule has 0 aromatic rings. The molecule has 0 aromatic heterocycles. The number of hydrogen-bond donors (Lipinski definition) is 3. The van der Waals surface area contributed by atoms with Crippen molar-refractivity contribution in [2.75, 3.05) is 6.61 Å². The second kappa shape index (κ2) is 45.9. The second-order valence-electron chi connectivity index (χ2n) is 14.4. The van der Waals surface area contributed by atoms with E-state index in [1.54, 1.807) is 0 Å². The Kier molecular flexibility index (Phi) is 43.1. The van der Waals surface area contributed by atoms with Crippen molar-refractivity contribution < 1.29 is 15.0 Å². The lowest BCUT2D eigenvalue weighted by molar-refractivity contribution is -0.123. The van der Waals surface area contributed by atoms with Crippen molar-refractivity contribution in [3.05, 3.63) is 134 Å². The molecule has 0 aromatic carbocycles. The van der Waals surface area contributed by atoms with Gasteiger partial charge in [0.2, 0.25) is 5.91 Å². The van der Waals surface area contributed by atoms with Gasteiger partial charge in [0.25, 0.3) is 0 Å². The van der Waals surface area contributed by atoms with Gasteiger partial charge < -0.3 is 15.5 Å². The summed E-state index contributed by atoms with van der Waals surface area (Å²) in [6.07, 6.45) is 73.1. The zero-order chi connectivity index (χ0) is 40.7. The molecule has 56 heavy (non-hydrogen) atoms. The van der Waals surface area contributed by atoms with E-state index in [2.05, 4.69) is 153 Å². The number of hydrogen-bond acceptors (Lipinski definition) is 3. The summed E-state index contributed by atoms with van der Waals surface area (Å²) in [6.45, 7) is 4.07. The molecule has 0 fully saturated rings. The maximum Gasteiger partial charge on any atom is 0.220 e. The SMILES string of the molecule is CC/C=C\C/C=C\C/C=C\C/C=C\C/C=C\C/C=C\C/C=C\C/C=C\C/C=C\C/C=C\C/C=C\CCCCCCCCCC(=O)NC(CO)C(O)CCCCC. The molecular formula is C52H83NO3. The fraction of sp³-hybridized carbons (Fsp3) is 0.558. The van der Waals surface area contributed by atoms with Gasteiger partial charge in [0, 0.05) is 6.42 Å². The zero-order valence-corrected chi connectivity index (χ0v) is 35.8. The largest absolute Gasteiger partial charge is 0.394 e. The zero-order valence-electron chi connectivity index (χ0n) is 35.8. The Morgan fingerprint density at radius 2 is 0.786 bits per heavy atom. The molecule has 2 unspecified atom stereocenters. The van der Waals surface area contributed by atoms with Crippen LogP contribution in [0.15, 0.2) is 134 Å². The van der Waals surface area contributed by atoms with Crippen LogP contribution in [-0.4, -0.2) is 34.9 Å². The molecule has 4 nitrogen and oxygen atoms in total. The molecule has 0 saturated carbocycles. The van der Waals surface area contributed by atoms with Crippen molar-refractivity contribution in [2.24, 2.45) is 0 Å². The van der Waals surface area contributed by atoms with Crippen molar-refractivity contribution in [1.82, 2.24) is 5.32 Å². The molecule has 0 spiro atoms. The predicted octanol–water partition coefficient (Wildman–Crippen LogP) is 14.3. The average Bonchev–Trinajstić information content (AvgIpc) is 3.20. The number of carbonyl (C=O) groups is 1. The summed E-state index contributed by atoms with van der Waals surface area (Å²) in [5.41, 5.74) is 0. The van der Waals surface area contributed by atoms with Crippen molar-refractivity contribution in [1.29, 1.82) is 0 Å². The van der Waals surface area contributed by atoms with E-state index in [1.165, 1.54) is 25.7 Å². The summed E-state index contributed by atoms with van der Waals surface area (Å²) >= 11 is 0. The molecule has 0 bridgehead atoms. The highest BCUT2D eigenvalue weighted by atomic mass is 16.3. The lowest BCUT2D eigenvalue weighted by atomic mass is 10.0. The van der Waals surface area contributed by atoms with Gasteiger partial charge in [-0.2, -0.15) is 0 Å². The Balaban J connectivity index is 3.62. The molecule has 3 N–H and O–H groups in total. The fourth-order valence-corrected chi connectivity index (χ4v) is 5.77. The van der Waals surface area contributed by atoms with Gasteiger partial charge in [-0.1, -0.05) is 199 Å². The van der Waals surface area contributed by atoms with Crippen LogP contribution in [0.25, 0.3) is 0 Å². The minimum absolute atomic E-state index is 0.0621. The molecule has 4 heteroatoms. The van der Waals surface area contributed by atoms with Crippen molar-refractivity contribution in [2.45, 2.75) is 180 Å². The van der Waals surface area contributed by atoms with Crippen LogP contribution in [0.2, 0.25) is 0 Å². The Bertz CT molecular complexity index is 1190. The third kappa shape index (κ3) is 41.7. The van der Waals surface area contributed by atoms with Crippen LogP contribution in [0.4, 0.5) is 0 Å². The maximum absolute atomic E-state index is 12.2. The van der Waals surface area contributed by atoms with E-state index in [0.717, 1.165) is 116 Å². The molecule has 0 aliphatic rings. The van der Waals surface area contributed by atoms with E-state index < -0.39 is 12.1 Å². The first kappa shape index (κ1) is 52.5. The number of amides is 1. The smallest absolute Gasteiger partial charge is 0.220 e. The Morgan fingerprint density at radius 3 is 1.14 bits per heavy atom. The summed E-state index contributed by atoms with van der Waals surface area (Å²) in [5.74, 6) is -0.0621. The number of nitrogens with one attached hydrogen (secondary N) is 1. The van der Waals surface area contributed by atoms with Gasteiger partial charge in [0.05, 0.1) is 18.8 Å². The van der Waals surface area contributed by atoms with Gasteiger partial charge in [-0.15, -0.1) is 0 Å². The van der Waals surface area contributed by atoms with Crippen LogP contribution in [0, 0.1) is 0 Å². The number of rotatable bonds is 38. The summed E-state index contributed by atoms with van der Waals surface area (Å²) in [4.78, 5) is 12.2. The fourth-order valence-electron chi connectivity index (χ4n) is 5.77. The third-order valence-corrected chi connectivity index (χ3v) is 9.18. The van der Waals surface area contributed by atoms with E-state index in [1.807, 2.05) is 0 Å². The molecule has 0 heterocycles. The minimum Gasteiger partial charge on any atom is -0.394 e. The highest BCUT2D eigenvalue weighted by molar-refractivity contribution is 5.76. The lowest BCUT2D eigenvalue weighted by Gasteiger charge is -2.22. The van der Waals surface area contributed by atoms with Gasteiger partial charge in [0.1, 0.15) is 0 Å². The quantitative estimate of drug-likeness (QED) is 0.0433. The third-order valence-electron chi connectivity index (χ3n) is 9.18.